The van der Waals surface area contributed by atoms with Crippen LogP contribution in [-0.4, -0.2) is 44.7 Å². The normalized spacial score (nSPS) is 11.7. The van der Waals surface area contributed by atoms with Crippen molar-refractivity contribution in [2.24, 2.45) is 0 Å². The van der Waals surface area contributed by atoms with Crippen LogP contribution in [0.25, 0.3) is 11.4 Å². The molecule has 1 atom stereocenters. The quantitative estimate of drug-likeness (QED) is 0.405. The third-order valence-electron chi connectivity index (χ3n) is 4.56. The van der Waals surface area contributed by atoms with Crippen LogP contribution < -0.4 is 10.9 Å². The van der Waals surface area contributed by atoms with Gasteiger partial charge in [-0.25, -0.2) is 0 Å². The number of tetrazole rings is 1. The van der Waals surface area contributed by atoms with Crippen molar-refractivity contribution in [1.29, 1.82) is 0 Å². The molecule has 0 saturated heterocycles. The van der Waals surface area contributed by atoms with Gasteiger partial charge in [0.05, 0.1) is 6.54 Å². The van der Waals surface area contributed by atoms with Crippen LogP contribution in [0.5, 0.6) is 0 Å². The maximum atomic E-state index is 12.3. The van der Waals surface area contributed by atoms with Crippen molar-refractivity contribution in [3.8, 4) is 11.4 Å². The highest BCUT2D eigenvalue weighted by Gasteiger charge is 2.14. The van der Waals surface area contributed by atoms with Crippen LogP contribution >= 0.6 is 0 Å². The first-order chi connectivity index (χ1) is 15.1. The summed E-state index contributed by atoms with van der Waals surface area (Å²) in [6.07, 6.45) is 1.24. The predicted molar refractivity (Wildman–Crippen MR) is 115 cm³/mol. The average molecular weight is 422 g/mol. The first-order valence-electron chi connectivity index (χ1n) is 10.2. The molecular formula is C22H26N6O3. The molecule has 0 radical (unpaired) electrons. The number of rotatable bonds is 9. The fourth-order valence-corrected chi connectivity index (χ4v) is 2.71. The van der Waals surface area contributed by atoms with Gasteiger partial charge in [0.2, 0.25) is 5.82 Å². The standard InChI is InChI=1S/C22H26N6O3/c1-3-4-14-31-16(2)21(29)24-25-22(30)19-12-10-17(11-13-19)15-28-26-20(23-27-28)18-8-6-5-7-9-18/h5-13,16H,3-4,14-15H2,1-2H3,(H,24,29)(H,25,30). The molecule has 2 N–H and O–H groups in total. The summed E-state index contributed by atoms with van der Waals surface area (Å²) in [5, 5.41) is 12.5. The second-order valence-corrected chi connectivity index (χ2v) is 7.02. The van der Waals surface area contributed by atoms with Crippen LogP contribution in [-0.2, 0) is 16.1 Å². The number of aromatic nitrogens is 4. The zero-order valence-electron chi connectivity index (χ0n) is 17.6. The summed E-state index contributed by atoms with van der Waals surface area (Å²) in [7, 11) is 0. The van der Waals surface area contributed by atoms with Gasteiger partial charge in [0.1, 0.15) is 6.10 Å². The average Bonchev–Trinajstić information content (AvgIpc) is 3.27. The number of unbranched alkanes of at least 4 members (excludes halogenated alkanes) is 1. The summed E-state index contributed by atoms with van der Waals surface area (Å²) in [4.78, 5) is 25.7. The SMILES string of the molecule is CCCCOC(C)C(=O)NNC(=O)c1ccc(Cn2nnc(-c3ccccc3)n2)cc1. The van der Waals surface area contributed by atoms with E-state index in [0.29, 0.717) is 24.5 Å². The van der Waals surface area contributed by atoms with Crippen LogP contribution in [0.4, 0.5) is 0 Å². The topological polar surface area (TPSA) is 111 Å². The Balaban J connectivity index is 1.50. The molecule has 0 bridgehead atoms. The Hall–Kier alpha value is -3.59. The molecule has 0 aliphatic heterocycles. The summed E-state index contributed by atoms with van der Waals surface area (Å²) < 4.78 is 5.40. The number of hydrogen-bond donors (Lipinski definition) is 2. The van der Waals surface area contributed by atoms with E-state index in [1.54, 1.807) is 31.2 Å². The second-order valence-electron chi connectivity index (χ2n) is 7.02. The Bertz CT molecular complexity index is 988. The lowest BCUT2D eigenvalue weighted by Crippen LogP contribution is -2.46. The minimum Gasteiger partial charge on any atom is -0.369 e. The smallest absolute Gasteiger partial charge is 0.269 e. The molecule has 9 nitrogen and oxygen atoms in total. The fraction of sp³-hybridized carbons (Fsp3) is 0.318. The minimum absolute atomic E-state index is 0.396. The monoisotopic (exact) mass is 422 g/mol. The molecular weight excluding hydrogens is 396 g/mol. The molecule has 3 aromatic rings. The fourth-order valence-electron chi connectivity index (χ4n) is 2.71. The van der Waals surface area contributed by atoms with Gasteiger partial charge in [0.15, 0.2) is 0 Å². The number of nitrogens with zero attached hydrogens (tertiary/aromatic N) is 4. The van der Waals surface area contributed by atoms with Gasteiger partial charge in [-0.2, -0.15) is 4.80 Å². The van der Waals surface area contributed by atoms with Gasteiger partial charge in [0.25, 0.3) is 11.8 Å². The van der Waals surface area contributed by atoms with Crippen molar-refractivity contribution in [2.75, 3.05) is 6.61 Å². The number of ether oxygens (including phenoxy) is 1. The number of amides is 2. The van der Waals surface area contributed by atoms with E-state index in [0.717, 1.165) is 24.0 Å². The van der Waals surface area contributed by atoms with E-state index in [4.69, 9.17) is 4.74 Å². The molecule has 2 amide bonds. The van der Waals surface area contributed by atoms with E-state index in [9.17, 15) is 9.59 Å². The number of benzene rings is 2. The van der Waals surface area contributed by atoms with Gasteiger partial charge >= 0.3 is 0 Å². The Morgan fingerprint density at radius 2 is 1.81 bits per heavy atom. The van der Waals surface area contributed by atoms with Crippen molar-refractivity contribution in [2.45, 2.75) is 39.3 Å². The zero-order valence-corrected chi connectivity index (χ0v) is 17.6. The van der Waals surface area contributed by atoms with Crippen molar-refractivity contribution < 1.29 is 14.3 Å². The van der Waals surface area contributed by atoms with Gasteiger partial charge < -0.3 is 4.74 Å². The summed E-state index contributed by atoms with van der Waals surface area (Å²) >= 11 is 0. The molecule has 1 heterocycles. The van der Waals surface area contributed by atoms with E-state index >= 15 is 0 Å². The maximum absolute atomic E-state index is 12.3. The van der Waals surface area contributed by atoms with E-state index in [2.05, 4.69) is 26.3 Å². The Labute approximate surface area is 180 Å². The van der Waals surface area contributed by atoms with Gasteiger partial charge in [-0.1, -0.05) is 55.8 Å². The van der Waals surface area contributed by atoms with Crippen molar-refractivity contribution in [3.05, 3.63) is 65.7 Å². The molecule has 162 valence electrons. The number of hydrogen-bond acceptors (Lipinski definition) is 6. The number of hydrazine groups is 1. The summed E-state index contributed by atoms with van der Waals surface area (Å²) in [6, 6.07) is 16.6. The van der Waals surface area contributed by atoms with E-state index in [1.807, 2.05) is 37.3 Å². The minimum atomic E-state index is -0.634. The highest BCUT2D eigenvalue weighted by molar-refractivity contribution is 5.95. The predicted octanol–water partition coefficient (Wildman–Crippen LogP) is 2.35. The number of carbonyl (C=O) groups is 2. The third-order valence-corrected chi connectivity index (χ3v) is 4.56. The molecule has 2 aromatic carbocycles. The molecule has 31 heavy (non-hydrogen) atoms. The highest BCUT2D eigenvalue weighted by atomic mass is 16.5. The zero-order chi connectivity index (χ0) is 22.1. The lowest BCUT2D eigenvalue weighted by atomic mass is 10.1. The Morgan fingerprint density at radius 3 is 2.52 bits per heavy atom. The second kappa shape index (κ2) is 11.0. The molecule has 3 rings (SSSR count). The molecule has 9 heteroatoms. The first kappa shape index (κ1) is 22.1. The highest BCUT2D eigenvalue weighted by Crippen LogP contribution is 2.12. The van der Waals surface area contributed by atoms with Gasteiger partial charge in [-0.15, -0.1) is 10.2 Å². The van der Waals surface area contributed by atoms with Crippen molar-refractivity contribution in [3.63, 3.8) is 0 Å². The van der Waals surface area contributed by atoms with Crippen LogP contribution in [0.3, 0.4) is 0 Å². The van der Waals surface area contributed by atoms with E-state index in [-0.39, 0.29) is 0 Å². The van der Waals surface area contributed by atoms with Crippen LogP contribution in [0.2, 0.25) is 0 Å². The maximum Gasteiger partial charge on any atom is 0.269 e. The summed E-state index contributed by atoms with van der Waals surface area (Å²) in [6.45, 7) is 4.62. The molecule has 1 unspecified atom stereocenters. The largest absolute Gasteiger partial charge is 0.369 e. The number of carbonyl (C=O) groups excluding carboxylic acids is 2. The molecule has 0 fully saturated rings. The molecule has 0 saturated carbocycles. The van der Waals surface area contributed by atoms with Crippen molar-refractivity contribution in [1.82, 2.24) is 31.1 Å². The Morgan fingerprint density at radius 1 is 1.06 bits per heavy atom. The van der Waals surface area contributed by atoms with E-state index < -0.39 is 17.9 Å². The first-order valence-corrected chi connectivity index (χ1v) is 10.2. The van der Waals surface area contributed by atoms with Gasteiger partial charge in [-0.05, 0) is 36.3 Å². The van der Waals surface area contributed by atoms with Crippen LogP contribution in [0.1, 0.15) is 42.6 Å². The Kier molecular flexibility index (Phi) is 7.83. The van der Waals surface area contributed by atoms with E-state index in [1.165, 1.54) is 4.80 Å². The van der Waals surface area contributed by atoms with Gasteiger partial charge in [-0.3, -0.25) is 20.4 Å². The van der Waals surface area contributed by atoms with Crippen LogP contribution in [0.15, 0.2) is 54.6 Å². The van der Waals surface area contributed by atoms with Crippen molar-refractivity contribution >= 4 is 11.8 Å². The molecule has 1 aromatic heterocycles. The third kappa shape index (κ3) is 6.45. The number of nitrogens with one attached hydrogen (secondary N) is 2. The van der Waals surface area contributed by atoms with Crippen LogP contribution in [0, 0.1) is 0 Å². The molecule has 0 spiro atoms. The van der Waals surface area contributed by atoms with Gasteiger partial charge in [0, 0.05) is 17.7 Å². The summed E-state index contributed by atoms with van der Waals surface area (Å²) in [5.41, 5.74) is 7.01. The lowest BCUT2D eigenvalue weighted by Gasteiger charge is -2.13. The summed E-state index contributed by atoms with van der Waals surface area (Å²) in [5.74, 6) is -0.251. The lowest BCUT2D eigenvalue weighted by molar-refractivity contribution is -0.132. The molecule has 0 aliphatic carbocycles. The molecule has 0 aliphatic rings.